The number of likely N-dealkylation sites (tertiary alicyclic amines) is 1. The number of hydrogen-bond donors (Lipinski definition) is 4. The van der Waals surface area contributed by atoms with E-state index in [4.69, 9.17) is 23.1 Å². The molecule has 298 valence electrons. The number of benzene rings is 1. The topological polar surface area (TPSA) is 208 Å². The molecule has 3 aromatic heterocycles. The van der Waals surface area contributed by atoms with Gasteiger partial charge in [0.25, 0.3) is 11.8 Å². The molecule has 0 bridgehead atoms. The van der Waals surface area contributed by atoms with Crippen LogP contribution in [0, 0.1) is 5.92 Å². The molecule has 0 radical (unpaired) electrons. The number of carboxylic acids is 1. The number of aromatic nitrogens is 5. The van der Waals surface area contributed by atoms with E-state index in [2.05, 4.69) is 20.4 Å². The summed E-state index contributed by atoms with van der Waals surface area (Å²) in [5.74, 6) is -2.26. The number of rotatable bonds is 11. The smallest absolute Gasteiger partial charge is 0.435 e. The molecule has 2 aliphatic heterocycles. The van der Waals surface area contributed by atoms with Gasteiger partial charge in [0, 0.05) is 70.3 Å². The lowest BCUT2D eigenvalue weighted by Gasteiger charge is -2.44. The molecular formula is C36H42ClF3N11O5+. The predicted octanol–water partition coefficient (Wildman–Crippen LogP) is 3.12. The highest BCUT2D eigenvalue weighted by Crippen LogP contribution is 2.37. The van der Waals surface area contributed by atoms with Crippen LogP contribution in [0.1, 0.15) is 45.9 Å². The van der Waals surface area contributed by atoms with Crippen LogP contribution in [0.15, 0.2) is 48.9 Å². The lowest BCUT2D eigenvalue weighted by Crippen LogP contribution is -2.58. The highest BCUT2D eigenvalue weighted by molar-refractivity contribution is 6.34. The minimum atomic E-state index is -4.83. The Labute approximate surface area is 324 Å². The molecule has 16 nitrogen and oxygen atoms in total. The molecule has 56 heavy (non-hydrogen) atoms. The van der Waals surface area contributed by atoms with Gasteiger partial charge in [0.1, 0.15) is 0 Å². The third kappa shape index (κ3) is 8.63. The number of carboxylic acid groups (broad SMARTS) is 1. The molecular weight excluding hydrogens is 759 g/mol. The van der Waals surface area contributed by atoms with Crippen LogP contribution < -0.4 is 16.8 Å². The van der Waals surface area contributed by atoms with Gasteiger partial charge >= 0.3 is 12.1 Å². The molecule has 2 saturated heterocycles. The van der Waals surface area contributed by atoms with Crippen molar-refractivity contribution in [2.75, 3.05) is 70.0 Å². The third-order valence-corrected chi connectivity index (χ3v) is 10.7. The number of alkyl halides is 3. The number of amides is 3. The largest absolute Gasteiger partial charge is 0.477 e. The maximum Gasteiger partial charge on any atom is 0.435 e. The maximum atomic E-state index is 14.1. The zero-order valence-electron chi connectivity index (χ0n) is 30.5. The average molecular weight is 801 g/mol. The number of pyridine rings is 1. The summed E-state index contributed by atoms with van der Waals surface area (Å²) in [5, 5.41) is 15.8. The number of halogens is 4. The number of hydrogen-bond acceptors (Lipinski definition) is 9. The lowest BCUT2D eigenvalue weighted by atomic mass is 9.92. The van der Waals surface area contributed by atoms with E-state index in [1.54, 1.807) is 9.80 Å². The van der Waals surface area contributed by atoms with E-state index in [0.717, 1.165) is 17.1 Å². The number of carbonyl (C=O) groups excluding carboxylic acids is 3. The van der Waals surface area contributed by atoms with Gasteiger partial charge in [-0.05, 0) is 36.9 Å². The zero-order valence-corrected chi connectivity index (χ0v) is 31.3. The average Bonchev–Trinajstić information content (AvgIpc) is 3.78. The Morgan fingerprint density at radius 1 is 1.02 bits per heavy atom. The fraction of sp³-hybridized carbons (Fsp3) is 0.417. The molecule has 3 amide bonds. The van der Waals surface area contributed by atoms with Gasteiger partial charge in [-0.25, -0.2) is 19.4 Å². The van der Waals surface area contributed by atoms with E-state index in [1.807, 2.05) is 0 Å². The zero-order chi connectivity index (χ0) is 40.4. The highest BCUT2D eigenvalue weighted by atomic mass is 35.5. The van der Waals surface area contributed by atoms with Crippen LogP contribution in [0.4, 0.5) is 24.5 Å². The van der Waals surface area contributed by atoms with Gasteiger partial charge < -0.3 is 40.7 Å². The first kappa shape index (κ1) is 40.1. The number of aliphatic carboxylic acids is 1. The Balaban J connectivity index is 1.06. The summed E-state index contributed by atoms with van der Waals surface area (Å²) in [5.41, 5.74) is 10.5. The molecule has 0 saturated carbocycles. The first-order chi connectivity index (χ1) is 26.6. The summed E-state index contributed by atoms with van der Waals surface area (Å²) in [6.45, 7) is 3.59. The van der Waals surface area contributed by atoms with Gasteiger partial charge in [-0.15, -0.1) is 0 Å². The van der Waals surface area contributed by atoms with Crippen LogP contribution in [0.5, 0.6) is 0 Å². The summed E-state index contributed by atoms with van der Waals surface area (Å²) in [6, 6.07) is 7.23. The number of nitrogen functional groups attached to an aromatic ring is 1. The van der Waals surface area contributed by atoms with Crippen LogP contribution >= 0.6 is 11.6 Å². The number of anilines is 2. The fourth-order valence-corrected chi connectivity index (χ4v) is 7.60. The van der Waals surface area contributed by atoms with Crippen molar-refractivity contribution in [2.24, 2.45) is 18.7 Å². The molecule has 2 aliphatic rings. The van der Waals surface area contributed by atoms with Gasteiger partial charge in [0.15, 0.2) is 23.9 Å². The number of piperidine rings is 1. The summed E-state index contributed by atoms with van der Waals surface area (Å²) in [7, 11) is 1.39. The highest BCUT2D eigenvalue weighted by Gasteiger charge is 2.41. The van der Waals surface area contributed by atoms with Gasteiger partial charge in [0.05, 0.1) is 59.6 Å². The summed E-state index contributed by atoms with van der Waals surface area (Å²) >= 11 is 6.52. The predicted molar refractivity (Wildman–Crippen MR) is 199 cm³/mol. The van der Waals surface area contributed by atoms with Crippen molar-refractivity contribution < 1.29 is 41.9 Å². The summed E-state index contributed by atoms with van der Waals surface area (Å²) in [6.07, 6.45) is 0.623. The van der Waals surface area contributed by atoms with E-state index in [0.29, 0.717) is 68.7 Å². The molecule has 5 heterocycles. The first-order valence-corrected chi connectivity index (χ1v) is 18.3. The van der Waals surface area contributed by atoms with Crippen LogP contribution in [-0.2, 0) is 22.8 Å². The first-order valence-electron chi connectivity index (χ1n) is 18.0. The molecule has 4 aromatic rings. The number of nitrogens with two attached hydrogens (primary N) is 2. The maximum absolute atomic E-state index is 14.1. The quantitative estimate of drug-likeness (QED) is 0.163. The number of quaternary nitrogens is 1. The van der Waals surface area contributed by atoms with E-state index in [-0.39, 0.29) is 76.5 Å². The van der Waals surface area contributed by atoms with Crippen molar-refractivity contribution in [3.05, 3.63) is 71.0 Å². The minimum absolute atomic E-state index is 0.00772. The number of piperazine rings is 1. The molecule has 0 atom stereocenters. The molecule has 6 N–H and O–H groups in total. The Morgan fingerprint density at radius 3 is 2.32 bits per heavy atom. The van der Waals surface area contributed by atoms with Crippen molar-refractivity contribution in [2.45, 2.75) is 25.4 Å². The van der Waals surface area contributed by atoms with Crippen molar-refractivity contribution in [1.29, 1.82) is 0 Å². The SMILES string of the molecule is Cn1c(-c2cn(-c3ccc(N)cn3)nc2C(F)(F)F)cnc1C(=O)Nc1ccc(C(=O)N2CCN(C(=O)C3CC[N+](CCCN)(CC(=O)O)CC3)CC2)c(Cl)c1. The van der Waals surface area contributed by atoms with Crippen LogP contribution in [0.3, 0.4) is 0 Å². The monoisotopic (exact) mass is 800 g/mol. The van der Waals surface area contributed by atoms with Gasteiger partial charge in [-0.2, -0.15) is 18.3 Å². The van der Waals surface area contributed by atoms with Crippen LogP contribution in [0.25, 0.3) is 17.1 Å². The van der Waals surface area contributed by atoms with E-state index in [9.17, 15) is 37.5 Å². The Kier molecular flexibility index (Phi) is 11.7. The Morgan fingerprint density at radius 2 is 1.71 bits per heavy atom. The standard InChI is InChI=1S/C36H41ClF3N11O5/c1-47-28(26-20-50(46-31(26)36(38,39)40)29-6-3-23(42)18-43-29)19-44-32(47)33(54)45-24-4-5-25(27(37)17-24)35(56)49-12-10-48(11-13-49)34(55)22-7-15-51(16-8-22,14-2-9-41)21-30(52)53/h3-6,17-20,22H,2,7-16,21,41-42H2,1H3,(H-,45,52,53,54,56)/p+1. The number of imidazole rings is 1. The number of nitrogens with zero attached hydrogens (tertiary/aromatic N) is 8. The van der Waals surface area contributed by atoms with Crippen molar-refractivity contribution >= 4 is 46.7 Å². The summed E-state index contributed by atoms with van der Waals surface area (Å²) in [4.78, 5) is 63.1. The van der Waals surface area contributed by atoms with Crippen LogP contribution in [0.2, 0.25) is 5.02 Å². The molecule has 0 spiro atoms. The van der Waals surface area contributed by atoms with Crippen molar-refractivity contribution in [1.82, 2.24) is 34.1 Å². The minimum Gasteiger partial charge on any atom is -0.477 e. The van der Waals surface area contributed by atoms with E-state index in [1.165, 1.54) is 48.1 Å². The van der Waals surface area contributed by atoms with E-state index >= 15 is 0 Å². The van der Waals surface area contributed by atoms with Gasteiger partial charge in [0.2, 0.25) is 5.91 Å². The second-order valence-corrected chi connectivity index (χ2v) is 14.5. The number of carbonyl (C=O) groups is 4. The third-order valence-electron chi connectivity index (χ3n) is 10.4. The van der Waals surface area contributed by atoms with Crippen LogP contribution in [-0.4, -0.2) is 126 Å². The second-order valence-electron chi connectivity index (χ2n) is 14.1. The molecule has 20 heteroatoms. The Bertz CT molecular complexity index is 2110. The van der Waals surface area contributed by atoms with Gasteiger partial charge in [-0.1, -0.05) is 11.6 Å². The van der Waals surface area contributed by atoms with Gasteiger partial charge in [-0.3, -0.25) is 14.4 Å². The van der Waals surface area contributed by atoms with E-state index < -0.39 is 23.7 Å². The fourth-order valence-electron chi connectivity index (χ4n) is 7.34. The van der Waals surface area contributed by atoms with Crippen molar-refractivity contribution in [3.63, 3.8) is 0 Å². The molecule has 0 aliphatic carbocycles. The normalized spacial score (nSPS) is 18.9. The number of nitrogens with one attached hydrogen (secondary N) is 1. The Hall–Kier alpha value is -5.53. The molecule has 1 aromatic carbocycles. The van der Waals surface area contributed by atoms with Crippen molar-refractivity contribution in [3.8, 4) is 17.1 Å². The summed E-state index contributed by atoms with van der Waals surface area (Å²) < 4.78 is 44.8. The molecule has 2 fully saturated rings. The lowest BCUT2D eigenvalue weighted by molar-refractivity contribution is -0.926. The molecule has 0 unspecified atom stereocenters. The second kappa shape index (κ2) is 16.3. The molecule has 6 rings (SSSR count).